The average molecular weight is 274 g/mol. The first-order chi connectivity index (χ1) is 9.65. The predicted octanol–water partition coefficient (Wildman–Crippen LogP) is 1.37. The molecule has 0 aliphatic carbocycles. The topological polar surface area (TPSA) is 49.4 Å². The van der Waals surface area contributed by atoms with Crippen LogP contribution in [0.4, 0.5) is 4.39 Å². The molecule has 4 nitrogen and oxygen atoms in total. The summed E-state index contributed by atoms with van der Waals surface area (Å²) in [5.41, 5.74) is 1.30. The minimum atomic E-state index is -0.566. The standard InChI is InChI=1S/C15H15FN2O2/c16-11-6-4-10(5-7-11)9-12-15(20)18-8-2-1-3-13(18)14(19)17-12/h3-7,12H,1-2,8-9H2,(H,17,19). The van der Waals surface area contributed by atoms with Crippen molar-refractivity contribution in [3.63, 3.8) is 0 Å². The molecule has 104 valence electrons. The lowest BCUT2D eigenvalue weighted by atomic mass is 10.00. The van der Waals surface area contributed by atoms with E-state index in [1.54, 1.807) is 17.0 Å². The summed E-state index contributed by atoms with van der Waals surface area (Å²) >= 11 is 0. The van der Waals surface area contributed by atoms with Gasteiger partial charge in [0.1, 0.15) is 17.6 Å². The summed E-state index contributed by atoms with van der Waals surface area (Å²) in [6.45, 7) is 0.595. The SMILES string of the molecule is O=C1NC(Cc2ccc(F)cc2)C(=O)N2CCCC=C12. The maximum atomic E-state index is 12.9. The van der Waals surface area contributed by atoms with Gasteiger partial charge in [-0.1, -0.05) is 18.2 Å². The van der Waals surface area contributed by atoms with Gasteiger partial charge in [-0.3, -0.25) is 9.59 Å². The highest BCUT2D eigenvalue weighted by atomic mass is 19.1. The van der Waals surface area contributed by atoms with Crippen LogP contribution in [0.5, 0.6) is 0 Å². The molecule has 0 bridgehead atoms. The van der Waals surface area contributed by atoms with Crippen LogP contribution in [-0.2, 0) is 16.0 Å². The van der Waals surface area contributed by atoms with Crippen molar-refractivity contribution in [3.05, 3.63) is 47.4 Å². The Morgan fingerprint density at radius 1 is 1.25 bits per heavy atom. The van der Waals surface area contributed by atoms with Gasteiger partial charge < -0.3 is 10.2 Å². The molecule has 0 aromatic heterocycles. The molecule has 2 heterocycles. The fraction of sp³-hybridized carbons (Fsp3) is 0.333. The quantitative estimate of drug-likeness (QED) is 0.885. The second-order valence-electron chi connectivity index (χ2n) is 5.08. The van der Waals surface area contributed by atoms with Gasteiger partial charge in [0.25, 0.3) is 5.91 Å². The van der Waals surface area contributed by atoms with Crippen LogP contribution in [0.3, 0.4) is 0 Å². The summed E-state index contributed by atoms with van der Waals surface area (Å²) in [5.74, 6) is -0.592. The maximum Gasteiger partial charge on any atom is 0.268 e. The van der Waals surface area contributed by atoms with Gasteiger partial charge in [0.15, 0.2) is 0 Å². The highest BCUT2D eigenvalue weighted by Gasteiger charge is 2.37. The zero-order chi connectivity index (χ0) is 14.1. The molecule has 0 spiro atoms. The molecule has 3 rings (SSSR count). The van der Waals surface area contributed by atoms with Crippen LogP contribution in [0.2, 0.25) is 0 Å². The number of rotatable bonds is 2. The number of fused-ring (bicyclic) bond motifs is 1. The van der Waals surface area contributed by atoms with Crippen molar-refractivity contribution < 1.29 is 14.0 Å². The Morgan fingerprint density at radius 2 is 2.00 bits per heavy atom. The predicted molar refractivity (Wildman–Crippen MR) is 71.1 cm³/mol. The Kier molecular flexibility index (Phi) is 3.26. The van der Waals surface area contributed by atoms with E-state index in [1.807, 2.05) is 6.08 Å². The van der Waals surface area contributed by atoms with E-state index in [4.69, 9.17) is 0 Å². The van der Waals surface area contributed by atoms with E-state index in [-0.39, 0.29) is 17.6 Å². The molecule has 1 fully saturated rings. The Hall–Kier alpha value is -2.17. The maximum absolute atomic E-state index is 12.9. The third-order valence-corrected chi connectivity index (χ3v) is 3.67. The molecular formula is C15H15FN2O2. The van der Waals surface area contributed by atoms with E-state index in [0.29, 0.717) is 18.7 Å². The molecule has 0 saturated carbocycles. The molecule has 0 radical (unpaired) electrons. The first-order valence-corrected chi connectivity index (χ1v) is 6.72. The van der Waals surface area contributed by atoms with Gasteiger partial charge in [0, 0.05) is 13.0 Å². The molecule has 2 aliphatic heterocycles. The summed E-state index contributed by atoms with van der Waals surface area (Å²) in [4.78, 5) is 25.9. The molecular weight excluding hydrogens is 259 g/mol. The highest BCUT2D eigenvalue weighted by Crippen LogP contribution is 2.21. The molecule has 5 heteroatoms. The number of amides is 2. The van der Waals surface area contributed by atoms with Gasteiger partial charge in [-0.25, -0.2) is 4.39 Å². The van der Waals surface area contributed by atoms with Gasteiger partial charge >= 0.3 is 0 Å². The van der Waals surface area contributed by atoms with E-state index in [1.165, 1.54) is 12.1 Å². The van der Waals surface area contributed by atoms with Crippen molar-refractivity contribution in [1.82, 2.24) is 10.2 Å². The monoisotopic (exact) mass is 274 g/mol. The van der Waals surface area contributed by atoms with Crippen LogP contribution in [0.25, 0.3) is 0 Å². The van der Waals surface area contributed by atoms with E-state index < -0.39 is 6.04 Å². The molecule has 20 heavy (non-hydrogen) atoms. The van der Waals surface area contributed by atoms with Gasteiger partial charge in [-0.2, -0.15) is 0 Å². The summed E-state index contributed by atoms with van der Waals surface area (Å²) in [7, 11) is 0. The third kappa shape index (κ3) is 2.31. The van der Waals surface area contributed by atoms with Gasteiger partial charge in [0.2, 0.25) is 5.91 Å². The lowest BCUT2D eigenvalue weighted by Gasteiger charge is -2.36. The van der Waals surface area contributed by atoms with E-state index in [2.05, 4.69) is 5.32 Å². The zero-order valence-electron chi connectivity index (χ0n) is 10.9. The number of nitrogens with one attached hydrogen (secondary N) is 1. The zero-order valence-corrected chi connectivity index (χ0v) is 10.9. The number of hydrogen-bond donors (Lipinski definition) is 1. The third-order valence-electron chi connectivity index (χ3n) is 3.67. The summed E-state index contributed by atoms with van der Waals surface area (Å²) < 4.78 is 12.9. The second-order valence-corrected chi connectivity index (χ2v) is 5.08. The second kappa shape index (κ2) is 5.07. The number of piperazine rings is 1. The van der Waals surface area contributed by atoms with Crippen LogP contribution in [0, 0.1) is 5.82 Å². The number of carbonyl (C=O) groups is 2. The van der Waals surface area contributed by atoms with E-state index in [9.17, 15) is 14.0 Å². The number of benzene rings is 1. The van der Waals surface area contributed by atoms with Crippen LogP contribution in [-0.4, -0.2) is 29.3 Å². The highest BCUT2D eigenvalue weighted by molar-refractivity contribution is 6.04. The lowest BCUT2D eigenvalue weighted by Crippen LogP contribution is -2.58. The summed E-state index contributed by atoms with van der Waals surface area (Å²) in [6, 6.07) is 5.42. The van der Waals surface area contributed by atoms with Crippen LogP contribution in [0.1, 0.15) is 18.4 Å². The van der Waals surface area contributed by atoms with Crippen LogP contribution < -0.4 is 5.32 Å². The van der Waals surface area contributed by atoms with Gasteiger partial charge in [-0.15, -0.1) is 0 Å². The number of nitrogens with zero attached hydrogens (tertiary/aromatic N) is 1. The Morgan fingerprint density at radius 3 is 2.75 bits per heavy atom. The van der Waals surface area contributed by atoms with Crippen LogP contribution in [0.15, 0.2) is 36.0 Å². The smallest absolute Gasteiger partial charge is 0.268 e. The summed E-state index contributed by atoms with van der Waals surface area (Å²) in [5, 5.41) is 2.74. The van der Waals surface area contributed by atoms with Crippen molar-refractivity contribution in [2.45, 2.75) is 25.3 Å². The Labute approximate surface area is 116 Å². The molecule has 2 amide bonds. The molecule has 1 aromatic rings. The van der Waals surface area contributed by atoms with Crippen molar-refractivity contribution >= 4 is 11.8 Å². The fourth-order valence-electron chi connectivity index (χ4n) is 2.64. The molecule has 1 atom stereocenters. The Balaban J connectivity index is 1.79. The van der Waals surface area contributed by atoms with Gasteiger partial charge in [0.05, 0.1) is 0 Å². The number of halogens is 1. The fourth-order valence-corrected chi connectivity index (χ4v) is 2.64. The molecule has 1 saturated heterocycles. The van der Waals surface area contributed by atoms with Crippen molar-refractivity contribution in [1.29, 1.82) is 0 Å². The molecule has 1 N–H and O–H groups in total. The van der Waals surface area contributed by atoms with Gasteiger partial charge in [-0.05, 0) is 30.5 Å². The summed E-state index contributed by atoms with van der Waals surface area (Å²) in [6.07, 6.45) is 3.90. The first-order valence-electron chi connectivity index (χ1n) is 6.72. The minimum absolute atomic E-state index is 0.0834. The normalized spacial score (nSPS) is 22.1. The van der Waals surface area contributed by atoms with Crippen molar-refractivity contribution in [3.8, 4) is 0 Å². The first kappa shape index (κ1) is 12.8. The van der Waals surface area contributed by atoms with Crippen molar-refractivity contribution in [2.24, 2.45) is 0 Å². The average Bonchev–Trinajstić information content (AvgIpc) is 2.47. The molecule has 1 unspecified atom stereocenters. The minimum Gasteiger partial charge on any atom is -0.339 e. The Bertz CT molecular complexity index is 580. The largest absolute Gasteiger partial charge is 0.339 e. The number of allylic oxidation sites excluding steroid dienone is 1. The number of hydrogen-bond acceptors (Lipinski definition) is 2. The van der Waals surface area contributed by atoms with E-state index >= 15 is 0 Å². The number of carbonyl (C=O) groups excluding carboxylic acids is 2. The van der Waals surface area contributed by atoms with Crippen molar-refractivity contribution in [2.75, 3.05) is 6.54 Å². The van der Waals surface area contributed by atoms with E-state index in [0.717, 1.165) is 18.4 Å². The molecule has 1 aromatic carbocycles. The van der Waals surface area contributed by atoms with Crippen LogP contribution >= 0.6 is 0 Å². The lowest BCUT2D eigenvalue weighted by molar-refractivity contribution is -0.140. The molecule has 2 aliphatic rings.